The molecule has 1 aliphatic carbocycles. The highest BCUT2D eigenvalue weighted by Gasteiger charge is 2.35. The molecule has 0 aromatic carbocycles. The summed E-state index contributed by atoms with van der Waals surface area (Å²) in [5, 5.41) is 13.9. The van der Waals surface area contributed by atoms with Crippen LogP contribution >= 0.6 is 11.3 Å². The van der Waals surface area contributed by atoms with E-state index in [2.05, 4.69) is 5.32 Å². The second kappa shape index (κ2) is 6.00. The molecule has 1 heterocycles. The number of amides is 1. The molecular weight excluding hydrogens is 250 g/mol. The van der Waals surface area contributed by atoms with Crippen LogP contribution in [-0.4, -0.2) is 17.0 Å². The topological polar surface area (TPSA) is 66.4 Å². The smallest absolute Gasteiger partial charge is 0.307 e. The summed E-state index contributed by atoms with van der Waals surface area (Å²) in [6.45, 7) is 0.499. The van der Waals surface area contributed by atoms with Gasteiger partial charge in [-0.15, -0.1) is 11.3 Å². The number of carbonyl (C=O) groups is 2. The van der Waals surface area contributed by atoms with Gasteiger partial charge in [0.25, 0.3) is 0 Å². The number of carboxylic acid groups (broad SMARTS) is 1. The molecule has 18 heavy (non-hydrogen) atoms. The lowest BCUT2D eigenvalue weighted by Crippen LogP contribution is -2.39. The van der Waals surface area contributed by atoms with Gasteiger partial charge in [-0.2, -0.15) is 0 Å². The minimum atomic E-state index is -0.842. The Morgan fingerprint density at radius 2 is 2.06 bits per heavy atom. The lowest BCUT2D eigenvalue weighted by molar-refractivity contribution is -0.148. The molecule has 1 aromatic heterocycles. The number of nitrogens with one attached hydrogen (secondary N) is 1. The molecule has 1 aliphatic rings. The molecule has 1 aromatic rings. The molecule has 0 radical (unpaired) electrons. The zero-order valence-corrected chi connectivity index (χ0v) is 10.9. The predicted molar refractivity (Wildman–Crippen MR) is 69.2 cm³/mol. The highest BCUT2D eigenvalue weighted by molar-refractivity contribution is 7.09. The normalized spacial score (nSPS) is 23.6. The van der Waals surface area contributed by atoms with Crippen LogP contribution in [0.1, 0.15) is 30.6 Å². The third-order valence-corrected chi connectivity index (χ3v) is 4.31. The summed E-state index contributed by atoms with van der Waals surface area (Å²) in [7, 11) is 0. The van der Waals surface area contributed by atoms with Gasteiger partial charge in [0.15, 0.2) is 0 Å². The van der Waals surface area contributed by atoms with Gasteiger partial charge in [0.2, 0.25) is 5.91 Å². The predicted octanol–water partition coefficient (Wildman–Crippen LogP) is 2.26. The molecule has 1 saturated carbocycles. The van der Waals surface area contributed by atoms with E-state index in [1.165, 1.54) is 0 Å². The van der Waals surface area contributed by atoms with Gasteiger partial charge in [-0.3, -0.25) is 9.59 Å². The summed E-state index contributed by atoms with van der Waals surface area (Å²) in [5.41, 5.74) is 0. The van der Waals surface area contributed by atoms with Gasteiger partial charge in [0.05, 0.1) is 18.4 Å². The van der Waals surface area contributed by atoms with Crippen molar-refractivity contribution in [2.24, 2.45) is 11.8 Å². The summed E-state index contributed by atoms with van der Waals surface area (Å²) >= 11 is 1.59. The van der Waals surface area contributed by atoms with Crippen molar-refractivity contribution in [2.75, 3.05) is 0 Å². The van der Waals surface area contributed by atoms with E-state index in [0.29, 0.717) is 19.4 Å². The number of hydrogen-bond acceptors (Lipinski definition) is 3. The summed E-state index contributed by atoms with van der Waals surface area (Å²) < 4.78 is 0. The van der Waals surface area contributed by atoms with Crippen molar-refractivity contribution in [3.05, 3.63) is 22.4 Å². The Labute approximate surface area is 110 Å². The maximum atomic E-state index is 12.0. The lowest BCUT2D eigenvalue weighted by atomic mass is 9.79. The number of rotatable bonds is 4. The fourth-order valence-corrected chi connectivity index (χ4v) is 3.10. The molecule has 98 valence electrons. The highest BCUT2D eigenvalue weighted by Crippen LogP contribution is 2.30. The van der Waals surface area contributed by atoms with Gasteiger partial charge in [0, 0.05) is 4.88 Å². The Bertz CT molecular complexity index is 416. The van der Waals surface area contributed by atoms with Crippen LogP contribution in [0, 0.1) is 11.8 Å². The first-order valence-corrected chi connectivity index (χ1v) is 7.09. The quantitative estimate of drug-likeness (QED) is 0.879. The monoisotopic (exact) mass is 267 g/mol. The zero-order valence-electron chi connectivity index (χ0n) is 10.1. The minimum Gasteiger partial charge on any atom is -0.481 e. The molecule has 1 amide bonds. The molecule has 5 heteroatoms. The van der Waals surface area contributed by atoms with Crippen LogP contribution < -0.4 is 5.32 Å². The molecule has 0 saturated heterocycles. The van der Waals surface area contributed by atoms with Gasteiger partial charge in [-0.25, -0.2) is 0 Å². The first-order chi connectivity index (χ1) is 8.68. The molecular formula is C13H17NO3S. The van der Waals surface area contributed by atoms with Crippen molar-refractivity contribution < 1.29 is 14.7 Å². The minimum absolute atomic E-state index is 0.115. The van der Waals surface area contributed by atoms with Crippen molar-refractivity contribution in [2.45, 2.75) is 32.2 Å². The van der Waals surface area contributed by atoms with Crippen molar-refractivity contribution in [3.8, 4) is 0 Å². The van der Waals surface area contributed by atoms with Gasteiger partial charge >= 0.3 is 5.97 Å². The standard InChI is InChI=1S/C13H17NO3S/c15-12(14-8-9-4-3-7-18-9)10-5-1-2-6-11(10)13(16)17/h3-4,7,10-11H,1-2,5-6,8H2,(H,14,15)(H,16,17)/t10-,11+/m0/s1. The van der Waals surface area contributed by atoms with Crippen molar-refractivity contribution in [3.63, 3.8) is 0 Å². The Balaban J connectivity index is 1.92. The van der Waals surface area contributed by atoms with Crippen LogP contribution in [-0.2, 0) is 16.1 Å². The SMILES string of the molecule is O=C(NCc1cccs1)[C@H]1CCCC[C@H]1C(=O)O. The summed E-state index contributed by atoms with van der Waals surface area (Å²) in [5.74, 6) is -1.83. The average molecular weight is 267 g/mol. The number of carboxylic acids is 1. The van der Waals surface area contributed by atoms with Gasteiger partial charge < -0.3 is 10.4 Å². The average Bonchev–Trinajstić information content (AvgIpc) is 2.89. The van der Waals surface area contributed by atoms with E-state index < -0.39 is 11.9 Å². The number of carbonyl (C=O) groups excluding carboxylic acids is 1. The molecule has 0 bridgehead atoms. The van der Waals surface area contributed by atoms with Crippen LogP contribution in [0.15, 0.2) is 17.5 Å². The van der Waals surface area contributed by atoms with E-state index in [1.54, 1.807) is 11.3 Å². The van der Waals surface area contributed by atoms with Gasteiger partial charge in [-0.1, -0.05) is 18.9 Å². The van der Waals surface area contributed by atoms with Gasteiger partial charge in [-0.05, 0) is 24.3 Å². The Hall–Kier alpha value is -1.36. The molecule has 0 aliphatic heterocycles. The second-order valence-corrected chi connectivity index (χ2v) is 5.67. The van der Waals surface area contributed by atoms with E-state index in [4.69, 9.17) is 5.11 Å². The molecule has 4 nitrogen and oxygen atoms in total. The van der Waals surface area contributed by atoms with Crippen molar-refractivity contribution in [1.82, 2.24) is 5.32 Å². The third-order valence-electron chi connectivity index (χ3n) is 3.44. The first kappa shape index (κ1) is 13.1. The number of hydrogen-bond donors (Lipinski definition) is 2. The molecule has 2 rings (SSSR count). The van der Waals surface area contributed by atoms with E-state index in [9.17, 15) is 9.59 Å². The Morgan fingerprint density at radius 1 is 1.33 bits per heavy atom. The molecule has 0 unspecified atom stereocenters. The van der Waals surface area contributed by atoms with Crippen LogP contribution in [0.25, 0.3) is 0 Å². The summed E-state index contributed by atoms with van der Waals surface area (Å²) in [6, 6.07) is 3.90. The molecule has 1 fully saturated rings. The van der Waals surface area contributed by atoms with Gasteiger partial charge in [0.1, 0.15) is 0 Å². The van der Waals surface area contributed by atoms with E-state index in [1.807, 2.05) is 17.5 Å². The van der Waals surface area contributed by atoms with Crippen molar-refractivity contribution in [1.29, 1.82) is 0 Å². The highest BCUT2D eigenvalue weighted by atomic mass is 32.1. The fourth-order valence-electron chi connectivity index (χ4n) is 2.46. The van der Waals surface area contributed by atoms with E-state index in [0.717, 1.165) is 17.7 Å². The maximum absolute atomic E-state index is 12.0. The molecule has 2 N–H and O–H groups in total. The Kier molecular flexibility index (Phi) is 4.36. The summed E-state index contributed by atoms with van der Waals surface area (Å²) in [6.07, 6.45) is 3.16. The van der Waals surface area contributed by atoms with Crippen molar-refractivity contribution >= 4 is 23.2 Å². The van der Waals surface area contributed by atoms with Crippen LogP contribution in [0.2, 0.25) is 0 Å². The largest absolute Gasteiger partial charge is 0.481 e. The zero-order chi connectivity index (χ0) is 13.0. The number of thiophene rings is 1. The lowest BCUT2D eigenvalue weighted by Gasteiger charge is -2.27. The van der Waals surface area contributed by atoms with E-state index >= 15 is 0 Å². The number of aliphatic carboxylic acids is 1. The maximum Gasteiger partial charge on any atom is 0.307 e. The fraction of sp³-hybridized carbons (Fsp3) is 0.538. The third kappa shape index (κ3) is 3.10. The Morgan fingerprint density at radius 3 is 2.67 bits per heavy atom. The molecule has 0 spiro atoms. The van der Waals surface area contributed by atoms with E-state index in [-0.39, 0.29) is 11.8 Å². The summed E-state index contributed by atoms with van der Waals surface area (Å²) in [4.78, 5) is 24.3. The van der Waals surface area contributed by atoms with Crippen LogP contribution in [0.3, 0.4) is 0 Å². The van der Waals surface area contributed by atoms with Crippen LogP contribution in [0.4, 0.5) is 0 Å². The molecule has 2 atom stereocenters. The second-order valence-electron chi connectivity index (χ2n) is 4.63. The van der Waals surface area contributed by atoms with Crippen LogP contribution in [0.5, 0.6) is 0 Å². The first-order valence-electron chi connectivity index (χ1n) is 6.21.